The van der Waals surface area contributed by atoms with Gasteiger partial charge in [0.1, 0.15) is 0 Å². The van der Waals surface area contributed by atoms with E-state index in [1.165, 1.54) is 0 Å². The van der Waals surface area contributed by atoms with E-state index in [1.54, 1.807) is 13.8 Å². The van der Waals surface area contributed by atoms with E-state index in [2.05, 4.69) is 18.2 Å². The zero-order valence-electron chi connectivity index (χ0n) is 9.45. The quantitative estimate of drug-likeness (QED) is 0.622. The average Bonchev–Trinajstić information content (AvgIpc) is 2.23. The molecular weight excluding hydrogens is 186 g/mol. The summed E-state index contributed by atoms with van der Waals surface area (Å²) in [5, 5.41) is 26.2. The Morgan fingerprint density at radius 1 is 1.07 bits per heavy atom. The molecule has 0 aliphatic carbocycles. The molecule has 0 aromatic rings. The van der Waals surface area contributed by atoms with Crippen LogP contribution >= 0.6 is 0 Å². The molecule has 0 rings (SSSR count). The molecule has 0 N–H and O–H groups in total. The van der Waals surface area contributed by atoms with E-state index in [-0.39, 0.29) is 5.92 Å². The number of rotatable bonds is 6. The molecule has 3 heteroatoms. The van der Waals surface area contributed by atoms with E-state index < -0.39 is 5.41 Å². The lowest BCUT2D eigenvalue weighted by Crippen LogP contribution is -2.20. The number of hydrogen-bond donors (Lipinski definition) is 0. The first-order chi connectivity index (χ1) is 7.08. The second-order valence-electron chi connectivity index (χ2n) is 4.27. The first-order valence-corrected chi connectivity index (χ1v) is 5.26. The second kappa shape index (κ2) is 6.86. The first kappa shape index (κ1) is 13.5. The summed E-state index contributed by atoms with van der Waals surface area (Å²) in [5.74, 6) is -0.204. The fraction of sp³-hybridized carbons (Fsp3) is 0.750. The van der Waals surface area contributed by atoms with Crippen molar-refractivity contribution in [2.24, 2.45) is 11.3 Å². The fourth-order valence-electron chi connectivity index (χ4n) is 1.39. The highest BCUT2D eigenvalue weighted by Crippen LogP contribution is 2.29. The Kier molecular flexibility index (Phi) is 6.16. The third-order valence-electron chi connectivity index (χ3n) is 2.60. The Balaban J connectivity index is 3.90. The molecule has 0 spiro atoms. The molecule has 1 atom stereocenters. The molecule has 0 aliphatic heterocycles. The Labute approximate surface area is 91.9 Å². The summed E-state index contributed by atoms with van der Waals surface area (Å²) in [7, 11) is 0. The van der Waals surface area contributed by atoms with Gasteiger partial charge in [-0.1, -0.05) is 12.8 Å². The van der Waals surface area contributed by atoms with Crippen LogP contribution in [0.4, 0.5) is 0 Å². The molecule has 0 aromatic heterocycles. The van der Waals surface area contributed by atoms with Gasteiger partial charge in [-0.15, -0.1) is 0 Å². The summed E-state index contributed by atoms with van der Waals surface area (Å²) in [6.45, 7) is 3.60. The van der Waals surface area contributed by atoms with Gasteiger partial charge in [0, 0.05) is 6.42 Å². The number of nitrogens with zero attached hydrogens (tertiary/aromatic N) is 3. The SMILES string of the molecule is CC(C)(C#N)C(C#N)CCCCCC#N. The molecule has 0 radical (unpaired) electrons. The van der Waals surface area contributed by atoms with Crippen LogP contribution in [0.5, 0.6) is 0 Å². The molecule has 0 saturated carbocycles. The van der Waals surface area contributed by atoms with Gasteiger partial charge in [-0.25, -0.2) is 0 Å². The topological polar surface area (TPSA) is 71.4 Å². The van der Waals surface area contributed by atoms with Gasteiger partial charge in [-0.3, -0.25) is 0 Å². The van der Waals surface area contributed by atoms with Crippen molar-refractivity contribution in [3.63, 3.8) is 0 Å². The minimum atomic E-state index is -0.565. The lowest BCUT2D eigenvalue weighted by molar-refractivity contribution is 0.334. The van der Waals surface area contributed by atoms with Gasteiger partial charge >= 0.3 is 0 Å². The normalized spacial score (nSPS) is 12.2. The van der Waals surface area contributed by atoms with Gasteiger partial charge < -0.3 is 0 Å². The van der Waals surface area contributed by atoms with Crippen molar-refractivity contribution in [3.05, 3.63) is 0 Å². The number of hydrogen-bond acceptors (Lipinski definition) is 3. The molecule has 0 amide bonds. The molecule has 0 aliphatic rings. The molecule has 0 saturated heterocycles. The van der Waals surface area contributed by atoms with Gasteiger partial charge in [0.25, 0.3) is 0 Å². The Morgan fingerprint density at radius 2 is 1.73 bits per heavy atom. The fourth-order valence-corrected chi connectivity index (χ4v) is 1.39. The van der Waals surface area contributed by atoms with Crippen LogP contribution in [0.15, 0.2) is 0 Å². The van der Waals surface area contributed by atoms with Crippen LogP contribution in [0.3, 0.4) is 0 Å². The monoisotopic (exact) mass is 203 g/mol. The molecule has 0 fully saturated rings. The molecule has 15 heavy (non-hydrogen) atoms. The van der Waals surface area contributed by atoms with Gasteiger partial charge in [-0.05, 0) is 26.7 Å². The van der Waals surface area contributed by atoms with Gasteiger partial charge in [0.15, 0.2) is 0 Å². The Bertz CT molecular complexity index is 298. The van der Waals surface area contributed by atoms with Crippen LogP contribution in [-0.4, -0.2) is 0 Å². The summed E-state index contributed by atoms with van der Waals surface area (Å²) in [6.07, 6.45) is 4.11. The summed E-state index contributed by atoms with van der Waals surface area (Å²) >= 11 is 0. The van der Waals surface area contributed by atoms with E-state index in [0.717, 1.165) is 25.7 Å². The van der Waals surface area contributed by atoms with E-state index in [4.69, 9.17) is 15.8 Å². The van der Waals surface area contributed by atoms with Crippen LogP contribution in [-0.2, 0) is 0 Å². The summed E-state index contributed by atoms with van der Waals surface area (Å²) in [4.78, 5) is 0. The van der Waals surface area contributed by atoms with E-state index >= 15 is 0 Å². The molecule has 3 nitrogen and oxygen atoms in total. The van der Waals surface area contributed by atoms with Crippen molar-refractivity contribution in [2.45, 2.75) is 46.0 Å². The summed E-state index contributed by atoms with van der Waals surface area (Å²) < 4.78 is 0. The molecule has 0 heterocycles. The minimum absolute atomic E-state index is 0.204. The third-order valence-corrected chi connectivity index (χ3v) is 2.60. The van der Waals surface area contributed by atoms with Crippen LogP contribution in [0, 0.1) is 45.3 Å². The predicted octanol–water partition coefficient (Wildman–Crippen LogP) is 3.15. The van der Waals surface area contributed by atoms with Crippen molar-refractivity contribution in [1.29, 1.82) is 15.8 Å². The Hall–Kier alpha value is -1.53. The highest BCUT2D eigenvalue weighted by Gasteiger charge is 2.28. The molecule has 0 bridgehead atoms. The second-order valence-corrected chi connectivity index (χ2v) is 4.27. The standard InChI is InChI=1S/C12H17N3/c1-12(2,10-15)11(9-14)7-5-3-4-6-8-13/h11H,3-7H2,1-2H3. The number of unbranched alkanes of at least 4 members (excludes halogenated alkanes) is 3. The smallest absolute Gasteiger partial charge is 0.0697 e. The summed E-state index contributed by atoms with van der Waals surface area (Å²) in [6, 6.07) is 6.46. The first-order valence-electron chi connectivity index (χ1n) is 5.26. The van der Waals surface area contributed by atoms with Crippen molar-refractivity contribution in [1.82, 2.24) is 0 Å². The maximum atomic E-state index is 8.94. The third kappa shape index (κ3) is 5.04. The highest BCUT2D eigenvalue weighted by atomic mass is 14.4. The maximum Gasteiger partial charge on any atom is 0.0697 e. The maximum absolute atomic E-state index is 8.94. The Morgan fingerprint density at radius 3 is 2.20 bits per heavy atom. The minimum Gasteiger partial charge on any atom is -0.198 e. The van der Waals surface area contributed by atoms with Gasteiger partial charge in [0.2, 0.25) is 0 Å². The van der Waals surface area contributed by atoms with Crippen molar-refractivity contribution < 1.29 is 0 Å². The van der Waals surface area contributed by atoms with Gasteiger partial charge in [0.05, 0.1) is 29.5 Å². The largest absolute Gasteiger partial charge is 0.198 e. The summed E-state index contributed by atoms with van der Waals surface area (Å²) in [5.41, 5.74) is -0.565. The van der Waals surface area contributed by atoms with E-state index in [9.17, 15) is 0 Å². The zero-order valence-corrected chi connectivity index (χ0v) is 9.45. The zero-order chi connectivity index (χ0) is 11.7. The van der Waals surface area contributed by atoms with E-state index in [0.29, 0.717) is 6.42 Å². The van der Waals surface area contributed by atoms with Gasteiger partial charge in [-0.2, -0.15) is 15.8 Å². The lowest BCUT2D eigenvalue weighted by Gasteiger charge is -2.21. The number of nitriles is 3. The van der Waals surface area contributed by atoms with Crippen LogP contribution < -0.4 is 0 Å². The average molecular weight is 203 g/mol. The lowest BCUT2D eigenvalue weighted by atomic mass is 9.78. The van der Waals surface area contributed by atoms with Crippen LogP contribution in [0.2, 0.25) is 0 Å². The molecule has 1 unspecified atom stereocenters. The molecular formula is C12H17N3. The van der Waals surface area contributed by atoms with Crippen molar-refractivity contribution in [2.75, 3.05) is 0 Å². The molecule has 0 aromatic carbocycles. The van der Waals surface area contributed by atoms with Crippen molar-refractivity contribution in [3.8, 4) is 18.2 Å². The highest BCUT2D eigenvalue weighted by molar-refractivity contribution is 5.04. The van der Waals surface area contributed by atoms with Crippen LogP contribution in [0.25, 0.3) is 0 Å². The predicted molar refractivity (Wildman–Crippen MR) is 57.2 cm³/mol. The van der Waals surface area contributed by atoms with E-state index in [1.807, 2.05) is 0 Å². The molecule has 80 valence electrons. The van der Waals surface area contributed by atoms with Crippen molar-refractivity contribution >= 4 is 0 Å². The van der Waals surface area contributed by atoms with Crippen LogP contribution in [0.1, 0.15) is 46.0 Å².